The highest BCUT2D eigenvalue weighted by Gasteiger charge is 1.95. The van der Waals surface area contributed by atoms with E-state index in [0.29, 0.717) is 0 Å². The summed E-state index contributed by atoms with van der Waals surface area (Å²) in [7, 11) is 0. The van der Waals surface area contributed by atoms with Gasteiger partial charge in [-0.3, -0.25) is 0 Å². The number of ether oxygens (including phenoxy) is 1. The first-order chi connectivity index (χ1) is 5.77. The Morgan fingerprint density at radius 3 is 2.25 bits per heavy atom. The van der Waals surface area contributed by atoms with Crippen molar-refractivity contribution in [2.45, 2.75) is 32.1 Å². The number of hydrogen-bond donors (Lipinski definition) is 2. The van der Waals surface area contributed by atoms with E-state index in [1.807, 2.05) is 0 Å². The maximum Gasteiger partial charge on any atom is 0.505 e. The summed E-state index contributed by atoms with van der Waals surface area (Å²) in [5, 5.41) is 16.5. The summed E-state index contributed by atoms with van der Waals surface area (Å²) < 4.78 is 4.32. The molecule has 0 aliphatic rings. The van der Waals surface area contributed by atoms with Gasteiger partial charge < -0.3 is 14.9 Å². The van der Waals surface area contributed by atoms with Crippen molar-refractivity contribution in [2.75, 3.05) is 13.2 Å². The standard InChI is InChI=1S/C8H16O4/c9-6-4-2-1-3-5-7-12-8(10)11/h9H,1-7H2,(H,10,11). The first kappa shape index (κ1) is 11.2. The van der Waals surface area contributed by atoms with E-state index in [1.54, 1.807) is 0 Å². The third-order valence-electron chi connectivity index (χ3n) is 1.53. The molecular weight excluding hydrogens is 160 g/mol. The van der Waals surface area contributed by atoms with E-state index >= 15 is 0 Å². The second-order valence-electron chi connectivity index (χ2n) is 2.61. The Bertz CT molecular complexity index is 114. The predicted octanol–water partition coefficient (Wildman–Crippen LogP) is 1.62. The third kappa shape index (κ3) is 9.23. The highest BCUT2D eigenvalue weighted by atomic mass is 16.7. The molecule has 0 saturated carbocycles. The van der Waals surface area contributed by atoms with Gasteiger partial charge in [0.15, 0.2) is 0 Å². The Kier molecular flexibility index (Phi) is 7.79. The van der Waals surface area contributed by atoms with Gasteiger partial charge in [0.25, 0.3) is 0 Å². The molecule has 0 spiro atoms. The summed E-state index contributed by atoms with van der Waals surface area (Å²) in [6.07, 6.45) is 3.41. The van der Waals surface area contributed by atoms with Gasteiger partial charge in [0.1, 0.15) is 0 Å². The van der Waals surface area contributed by atoms with Crippen molar-refractivity contribution in [2.24, 2.45) is 0 Å². The van der Waals surface area contributed by atoms with Crippen LogP contribution in [-0.2, 0) is 4.74 Å². The Balaban J connectivity index is 2.86. The van der Waals surface area contributed by atoms with Gasteiger partial charge in [-0.25, -0.2) is 4.79 Å². The van der Waals surface area contributed by atoms with Gasteiger partial charge in [-0.15, -0.1) is 0 Å². The van der Waals surface area contributed by atoms with Crippen LogP contribution in [0.3, 0.4) is 0 Å². The lowest BCUT2D eigenvalue weighted by Crippen LogP contribution is -2.01. The van der Waals surface area contributed by atoms with Crippen molar-refractivity contribution in [3.63, 3.8) is 0 Å². The SMILES string of the molecule is O=C(O)OCCCCCCCO. The topological polar surface area (TPSA) is 66.8 Å². The summed E-state index contributed by atoms with van der Waals surface area (Å²) in [6, 6.07) is 0. The Labute approximate surface area is 72.2 Å². The van der Waals surface area contributed by atoms with Crippen LogP contribution in [0.25, 0.3) is 0 Å². The van der Waals surface area contributed by atoms with Crippen LogP contribution in [0.5, 0.6) is 0 Å². The average molecular weight is 176 g/mol. The molecule has 2 N–H and O–H groups in total. The lowest BCUT2D eigenvalue weighted by molar-refractivity contribution is 0.0899. The number of hydrogen-bond acceptors (Lipinski definition) is 3. The quantitative estimate of drug-likeness (QED) is 0.457. The number of aliphatic hydroxyl groups is 1. The van der Waals surface area contributed by atoms with Crippen LogP contribution in [0.1, 0.15) is 32.1 Å². The van der Waals surface area contributed by atoms with Crippen molar-refractivity contribution in [1.29, 1.82) is 0 Å². The molecule has 0 saturated heterocycles. The number of aliphatic hydroxyl groups excluding tert-OH is 1. The molecule has 0 aromatic rings. The minimum Gasteiger partial charge on any atom is -0.450 e. The second-order valence-corrected chi connectivity index (χ2v) is 2.61. The maximum absolute atomic E-state index is 9.88. The Morgan fingerprint density at radius 2 is 1.67 bits per heavy atom. The van der Waals surface area contributed by atoms with E-state index < -0.39 is 6.16 Å². The molecular formula is C8H16O4. The van der Waals surface area contributed by atoms with E-state index in [1.165, 1.54) is 0 Å². The fourth-order valence-electron chi connectivity index (χ4n) is 0.904. The van der Waals surface area contributed by atoms with Crippen LogP contribution in [-0.4, -0.2) is 29.6 Å². The van der Waals surface area contributed by atoms with Crippen molar-refractivity contribution < 1.29 is 19.7 Å². The van der Waals surface area contributed by atoms with E-state index in [4.69, 9.17) is 10.2 Å². The first-order valence-corrected chi connectivity index (χ1v) is 4.24. The summed E-state index contributed by atoms with van der Waals surface area (Å²) in [5.41, 5.74) is 0. The number of carboxylic acid groups (broad SMARTS) is 1. The minimum absolute atomic E-state index is 0.242. The monoisotopic (exact) mass is 176 g/mol. The zero-order chi connectivity index (χ0) is 9.23. The average Bonchev–Trinajstić information content (AvgIpc) is 2.02. The molecule has 4 heteroatoms. The van der Waals surface area contributed by atoms with Crippen LogP contribution in [0, 0.1) is 0 Å². The third-order valence-corrected chi connectivity index (χ3v) is 1.53. The zero-order valence-electron chi connectivity index (χ0n) is 7.16. The molecule has 0 aromatic heterocycles. The number of carbonyl (C=O) groups is 1. The summed E-state index contributed by atoms with van der Waals surface area (Å²) in [6.45, 7) is 0.528. The summed E-state index contributed by atoms with van der Waals surface area (Å²) in [5.74, 6) is 0. The molecule has 0 amide bonds. The van der Waals surface area contributed by atoms with Crippen molar-refractivity contribution >= 4 is 6.16 Å². The molecule has 0 rings (SSSR count). The van der Waals surface area contributed by atoms with Crippen LogP contribution < -0.4 is 0 Å². The Morgan fingerprint density at radius 1 is 1.08 bits per heavy atom. The predicted molar refractivity (Wildman–Crippen MR) is 44.1 cm³/mol. The van der Waals surface area contributed by atoms with Gasteiger partial charge in [0.05, 0.1) is 6.61 Å². The van der Waals surface area contributed by atoms with E-state index in [2.05, 4.69) is 4.74 Å². The normalized spacial score (nSPS) is 9.75. The molecule has 0 atom stereocenters. The number of unbranched alkanes of at least 4 members (excludes halogenated alkanes) is 4. The number of rotatable bonds is 7. The molecule has 0 heterocycles. The molecule has 0 aliphatic heterocycles. The molecule has 12 heavy (non-hydrogen) atoms. The van der Waals surface area contributed by atoms with Crippen molar-refractivity contribution in [3.05, 3.63) is 0 Å². The zero-order valence-corrected chi connectivity index (χ0v) is 7.16. The van der Waals surface area contributed by atoms with Crippen molar-refractivity contribution in [3.8, 4) is 0 Å². The maximum atomic E-state index is 9.88. The largest absolute Gasteiger partial charge is 0.505 e. The molecule has 72 valence electrons. The fourth-order valence-corrected chi connectivity index (χ4v) is 0.904. The lowest BCUT2D eigenvalue weighted by atomic mass is 10.1. The van der Waals surface area contributed by atoms with Gasteiger partial charge >= 0.3 is 6.16 Å². The van der Waals surface area contributed by atoms with Gasteiger partial charge in [-0.2, -0.15) is 0 Å². The first-order valence-electron chi connectivity index (χ1n) is 4.24. The lowest BCUT2D eigenvalue weighted by Gasteiger charge is -1.99. The smallest absolute Gasteiger partial charge is 0.450 e. The highest BCUT2D eigenvalue weighted by Crippen LogP contribution is 2.02. The fraction of sp³-hybridized carbons (Fsp3) is 0.875. The second kappa shape index (κ2) is 8.33. The van der Waals surface area contributed by atoms with Gasteiger partial charge in [0, 0.05) is 6.61 Å². The molecule has 0 bridgehead atoms. The molecule has 0 aromatic carbocycles. The highest BCUT2D eigenvalue weighted by molar-refractivity contribution is 5.56. The van der Waals surface area contributed by atoms with Gasteiger partial charge in [0.2, 0.25) is 0 Å². The van der Waals surface area contributed by atoms with Crippen LogP contribution in [0.4, 0.5) is 4.79 Å². The van der Waals surface area contributed by atoms with Crippen molar-refractivity contribution in [1.82, 2.24) is 0 Å². The minimum atomic E-state index is -1.20. The molecule has 0 fully saturated rings. The molecule has 4 nitrogen and oxygen atoms in total. The van der Waals surface area contributed by atoms with E-state index in [-0.39, 0.29) is 13.2 Å². The van der Waals surface area contributed by atoms with E-state index in [0.717, 1.165) is 32.1 Å². The van der Waals surface area contributed by atoms with Crippen LogP contribution >= 0.6 is 0 Å². The van der Waals surface area contributed by atoms with Crippen LogP contribution in [0.15, 0.2) is 0 Å². The molecule has 0 aliphatic carbocycles. The van der Waals surface area contributed by atoms with Gasteiger partial charge in [-0.05, 0) is 12.8 Å². The summed E-state index contributed by atoms with van der Waals surface area (Å²) in [4.78, 5) is 9.88. The Hall–Kier alpha value is -0.770. The van der Waals surface area contributed by atoms with Crippen LogP contribution in [0.2, 0.25) is 0 Å². The molecule has 0 radical (unpaired) electrons. The molecule has 0 unspecified atom stereocenters. The summed E-state index contributed by atoms with van der Waals surface area (Å²) >= 11 is 0. The van der Waals surface area contributed by atoms with E-state index in [9.17, 15) is 4.79 Å². The van der Waals surface area contributed by atoms with Gasteiger partial charge in [-0.1, -0.05) is 19.3 Å².